The Morgan fingerprint density at radius 1 is 1.00 bits per heavy atom. The van der Waals surface area contributed by atoms with Gasteiger partial charge < -0.3 is 16.0 Å². The molecule has 3 N–H and O–H groups in total. The van der Waals surface area contributed by atoms with Crippen molar-refractivity contribution in [2.45, 2.75) is 34.1 Å². The molecule has 0 saturated heterocycles. The van der Waals surface area contributed by atoms with E-state index in [0.29, 0.717) is 19.0 Å². The van der Waals surface area contributed by atoms with Crippen molar-refractivity contribution in [3.63, 3.8) is 0 Å². The van der Waals surface area contributed by atoms with E-state index in [9.17, 15) is 4.79 Å². The van der Waals surface area contributed by atoms with Gasteiger partial charge >= 0.3 is 0 Å². The molecule has 0 saturated carbocycles. The summed E-state index contributed by atoms with van der Waals surface area (Å²) in [6.45, 7) is 10.4. The molecule has 0 rings (SSSR count). The highest BCUT2D eigenvalue weighted by Gasteiger charge is 2.05. The Labute approximate surface area is 134 Å². The second-order valence-electron chi connectivity index (χ2n) is 5.05. The number of aliphatic imine (C=N–C) groups is 1. The predicted molar refractivity (Wildman–Crippen MR) is 92.1 cm³/mol. The van der Waals surface area contributed by atoms with Crippen molar-refractivity contribution in [3.8, 4) is 0 Å². The first-order chi connectivity index (χ1) is 8.47. The van der Waals surface area contributed by atoms with Crippen molar-refractivity contribution in [3.05, 3.63) is 0 Å². The Hall–Kier alpha value is -0.530. The number of amides is 1. The zero-order valence-corrected chi connectivity index (χ0v) is 15.1. The fraction of sp³-hybridized carbons (Fsp3) is 0.846. The lowest BCUT2D eigenvalue weighted by molar-refractivity contribution is -0.123. The normalized spacial score (nSPS) is 11.2. The number of carbonyl (C=O) groups is 1. The minimum Gasteiger partial charge on any atom is -0.356 e. The van der Waals surface area contributed by atoms with Gasteiger partial charge in [-0.2, -0.15) is 0 Å². The number of rotatable bonds is 7. The zero-order valence-electron chi connectivity index (χ0n) is 12.7. The minimum atomic E-state index is 0. The van der Waals surface area contributed by atoms with E-state index >= 15 is 0 Å². The second kappa shape index (κ2) is 12.5. The number of guanidine groups is 1. The molecule has 0 fully saturated rings. The zero-order chi connectivity index (χ0) is 14.0. The lowest BCUT2D eigenvalue weighted by Crippen LogP contribution is -2.42. The van der Waals surface area contributed by atoms with E-state index < -0.39 is 0 Å². The van der Waals surface area contributed by atoms with Crippen LogP contribution in [0.25, 0.3) is 0 Å². The van der Waals surface area contributed by atoms with E-state index in [1.807, 2.05) is 13.8 Å². The van der Waals surface area contributed by atoms with Crippen molar-refractivity contribution < 1.29 is 4.79 Å². The minimum absolute atomic E-state index is 0. The molecule has 5 nitrogen and oxygen atoms in total. The van der Waals surface area contributed by atoms with E-state index in [0.717, 1.165) is 18.9 Å². The Kier molecular flexibility index (Phi) is 13.7. The smallest absolute Gasteiger partial charge is 0.222 e. The summed E-state index contributed by atoms with van der Waals surface area (Å²) in [5, 5.41) is 9.25. The van der Waals surface area contributed by atoms with E-state index in [2.05, 4.69) is 34.8 Å². The van der Waals surface area contributed by atoms with Crippen molar-refractivity contribution in [2.24, 2.45) is 16.8 Å². The van der Waals surface area contributed by atoms with Gasteiger partial charge in [-0.25, -0.2) is 0 Å². The molecule has 0 aromatic heterocycles. The molecule has 19 heavy (non-hydrogen) atoms. The van der Waals surface area contributed by atoms with Gasteiger partial charge in [0.1, 0.15) is 0 Å². The molecule has 0 spiro atoms. The average Bonchev–Trinajstić information content (AvgIpc) is 2.31. The summed E-state index contributed by atoms with van der Waals surface area (Å²) in [6.07, 6.45) is 1.12. The molecule has 0 unspecified atom stereocenters. The predicted octanol–water partition coefficient (Wildman–Crippen LogP) is 1.59. The largest absolute Gasteiger partial charge is 0.356 e. The van der Waals surface area contributed by atoms with Gasteiger partial charge in [-0.05, 0) is 12.3 Å². The fourth-order valence-electron chi connectivity index (χ4n) is 1.27. The molecular formula is C13H29IN4O. The lowest BCUT2D eigenvalue weighted by atomic mass is 10.1. The molecule has 0 heterocycles. The van der Waals surface area contributed by atoms with Gasteiger partial charge in [-0.15, -0.1) is 24.0 Å². The van der Waals surface area contributed by atoms with Crippen LogP contribution in [0.2, 0.25) is 0 Å². The Morgan fingerprint density at radius 2 is 1.53 bits per heavy atom. The van der Waals surface area contributed by atoms with E-state index in [1.54, 1.807) is 7.05 Å². The Morgan fingerprint density at radius 3 is 2.00 bits per heavy atom. The topological polar surface area (TPSA) is 65.5 Å². The quantitative estimate of drug-likeness (QED) is 0.270. The molecule has 0 aliphatic heterocycles. The van der Waals surface area contributed by atoms with E-state index in [4.69, 9.17) is 0 Å². The maximum Gasteiger partial charge on any atom is 0.222 e. The molecule has 0 aromatic carbocycles. The summed E-state index contributed by atoms with van der Waals surface area (Å²) >= 11 is 0. The molecule has 114 valence electrons. The van der Waals surface area contributed by atoms with Gasteiger partial charge in [0, 0.05) is 32.6 Å². The molecule has 0 aliphatic carbocycles. The summed E-state index contributed by atoms with van der Waals surface area (Å²) in [7, 11) is 1.75. The number of carbonyl (C=O) groups excluding carboxylic acids is 1. The number of halogens is 1. The van der Waals surface area contributed by atoms with Crippen LogP contribution in [0.1, 0.15) is 34.1 Å². The van der Waals surface area contributed by atoms with Gasteiger partial charge in [0.15, 0.2) is 5.96 Å². The number of hydrogen-bond acceptors (Lipinski definition) is 2. The first-order valence-corrected chi connectivity index (χ1v) is 6.69. The van der Waals surface area contributed by atoms with Crippen LogP contribution in [0, 0.1) is 11.8 Å². The van der Waals surface area contributed by atoms with Crippen LogP contribution in [-0.2, 0) is 4.79 Å². The summed E-state index contributed by atoms with van der Waals surface area (Å²) in [5.41, 5.74) is 0. The highest BCUT2D eigenvalue weighted by atomic mass is 127. The third kappa shape index (κ3) is 12.3. The van der Waals surface area contributed by atoms with Crippen molar-refractivity contribution >= 4 is 35.8 Å². The second-order valence-corrected chi connectivity index (χ2v) is 5.05. The summed E-state index contributed by atoms with van der Waals surface area (Å²) in [6, 6.07) is 0. The van der Waals surface area contributed by atoms with Crippen LogP contribution in [-0.4, -0.2) is 38.5 Å². The van der Waals surface area contributed by atoms with Crippen LogP contribution in [0.3, 0.4) is 0 Å². The van der Waals surface area contributed by atoms with E-state index in [-0.39, 0.29) is 35.8 Å². The Balaban J connectivity index is 0. The van der Waals surface area contributed by atoms with Crippen molar-refractivity contribution in [1.29, 1.82) is 0 Å². The first kappa shape index (κ1) is 20.8. The fourth-order valence-corrected chi connectivity index (χ4v) is 1.27. The first-order valence-electron chi connectivity index (χ1n) is 6.69. The van der Waals surface area contributed by atoms with Crippen LogP contribution < -0.4 is 16.0 Å². The highest BCUT2D eigenvalue weighted by molar-refractivity contribution is 14.0. The summed E-state index contributed by atoms with van der Waals surface area (Å²) < 4.78 is 0. The molecular weight excluding hydrogens is 355 g/mol. The van der Waals surface area contributed by atoms with Crippen LogP contribution in [0.15, 0.2) is 4.99 Å². The maximum atomic E-state index is 11.3. The Bertz CT molecular complexity index is 267. The summed E-state index contributed by atoms with van der Waals surface area (Å²) in [4.78, 5) is 15.4. The maximum absolute atomic E-state index is 11.3. The van der Waals surface area contributed by atoms with Crippen LogP contribution >= 0.6 is 24.0 Å². The number of hydrogen-bond donors (Lipinski definition) is 3. The SMILES string of the molecule is CN=C(NCCNC(=O)C(C)C)NCCC(C)C.I. The van der Waals surface area contributed by atoms with Gasteiger partial charge in [0.2, 0.25) is 5.91 Å². The molecule has 0 bridgehead atoms. The number of nitrogens with one attached hydrogen (secondary N) is 3. The van der Waals surface area contributed by atoms with Crippen LogP contribution in [0.5, 0.6) is 0 Å². The van der Waals surface area contributed by atoms with Crippen LogP contribution in [0.4, 0.5) is 0 Å². The van der Waals surface area contributed by atoms with Gasteiger partial charge in [-0.1, -0.05) is 27.7 Å². The average molecular weight is 384 g/mol. The molecule has 6 heteroatoms. The highest BCUT2D eigenvalue weighted by Crippen LogP contribution is 1.95. The molecule has 0 aliphatic rings. The van der Waals surface area contributed by atoms with E-state index in [1.165, 1.54) is 0 Å². The third-order valence-electron chi connectivity index (χ3n) is 2.48. The summed E-state index contributed by atoms with van der Waals surface area (Å²) in [5.74, 6) is 1.59. The van der Waals surface area contributed by atoms with Crippen molar-refractivity contribution in [1.82, 2.24) is 16.0 Å². The molecule has 0 atom stereocenters. The molecule has 0 aromatic rings. The monoisotopic (exact) mass is 384 g/mol. The van der Waals surface area contributed by atoms with Gasteiger partial charge in [0.05, 0.1) is 0 Å². The molecule has 0 radical (unpaired) electrons. The van der Waals surface area contributed by atoms with Crippen molar-refractivity contribution in [2.75, 3.05) is 26.7 Å². The lowest BCUT2D eigenvalue weighted by Gasteiger charge is -2.13. The molecule has 1 amide bonds. The number of nitrogens with zero attached hydrogens (tertiary/aromatic N) is 1. The third-order valence-corrected chi connectivity index (χ3v) is 2.48. The van der Waals surface area contributed by atoms with Gasteiger partial charge in [0.25, 0.3) is 0 Å². The van der Waals surface area contributed by atoms with Gasteiger partial charge in [-0.3, -0.25) is 9.79 Å². The standard InChI is InChI=1S/C13H28N4O.HI/c1-10(2)6-7-16-13(14-5)17-9-8-15-12(18)11(3)4;/h10-11H,6-9H2,1-5H3,(H,15,18)(H2,14,16,17);1H.